The molecule has 8 heteroatoms. The van der Waals surface area contributed by atoms with Gasteiger partial charge in [0.05, 0.1) is 24.3 Å². The van der Waals surface area contributed by atoms with E-state index in [1.165, 1.54) is 47.2 Å². The molecule has 0 unspecified atom stereocenters. The van der Waals surface area contributed by atoms with Crippen LogP contribution in [-0.2, 0) is 6.18 Å². The molecular formula is C23H18F3NO4. The van der Waals surface area contributed by atoms with Gasteiger partial charge in [0.15, 0.2) is 5.78 Å². The van der Waals surface area contributed by atoms with Crippen molar-refractivity contribution < 1.29 is 27.8 Å². The van der Waals surface area contributed by atoms with Crippen molar-refractivity contribution >= 4 is 5.78 Å². The molecule has 0 aliphatic carbocycles. The smallest absolute Gasteiger partial charge is 0.417 e. The number of alkyl halides is 3. The number of benzene rings is 2. The number of ether oxygens (including phenoxy) is 1. The molecule has 160 valence electrons. The number of aliphatic hydroxyl groups is 1. The molecule has 1 aliphatic rings. The number of pyridine rings is 1. The number of rotatable bonds is 3. The predicted octanol–water partition coefficient (Wildman–Crippen LogP) is 3.83. The summed E-state index contributed by atoms with van der Waals surface area (Å²) >= 11 is 0. The van der Waals surface area contributed by atoms with Crippen molar-refractivity contribution in [2.75, 3.05) is 6.61 Å². The molecule has 0 radical (unpaired) electrons. The van der Waals surface area contributed by atoms with Crippen LogP contribution >= 0.6 is 0 Å². The topological polar surface area (TPSA) is 68.5 Å². The van der Waals surface area contributed by atoms with Crippen LogP contribution < -0.4 is 10.3 Å². The molecule has 31 heavy (non-hydrogen) atoms. The minimum Gasteiger partial charge on any atom is -0.493 e. The maximum atomic E-state index is 13.4. The van der Waals surface area contributed by atoms with E-state index in [4.69, 9.17) is 4.74 Å². The van der Waals surface area contributed by atoms with Gasteiger partial charge in [0.2, 0.25) is 0 Å². The zero-order chi connectivity index (χ0) is 22.2. The van der Waals surface area contributed by atoms with Crippen LogP contribution in [0.2, 0.25) is 0 Å². The normalized spacial score (nSPS) is 18.6. The summed E-state index contributed by atoms with van der Waals surface area (Å²) in [4.78, 5) is 25.4. The van der Waals surface area contributed by atoms with E-state index in [1.807, 2.05) is 0 Å². The van der Waals surface area contributed by atoms with Gasteiger partial charge in [-0.2, -0.15) is 13.2 Å². The summed E-state index contributed by atoms with van der Waals surface area (Å²) in [6.45, 7) is 0.191. The summed E-state index contributed by atoms with van der Waals surface area (Å²) in [7, 11) is 0. The van der Waals surface area contributed by atoms with E-state index in [0.717, 1.165) is 12.1 Å². The summed E-state index contributed by atoms with van der Waals surface area (Å²) in [5.41, 5.74) is -1.50. The average Bonchev–Trinajstić information content (AvgIpc) is 2.90. The van der Waals surface area contributed by atoms with Crippen LogP contribution in [0.5, 0.6) is 5.75 Å². The lowest BCUT2D eigenvalue weighted by atomic mass is 9.93. The number of halogens is 3. The van der Waals surface area contributed by atoms with Gasteiger partial charge in [-0.15, -0.1) is 0 Å². The number of hydrogen-bond acceptors (Lipinski definition) is 4. The molecule has 1 N–H and O–H groups in total. The maximum absolute atomic E-state index is 13.4. The Kier molecular flexibility index (Phi) is 5.41. The highest BCUT2D eigenvalue weighted by molar-refractivity contribution is 6.10. The average molecular weight is 429 g/mol. The van der Waals surface area contributed by atoms with Gasteiger partial charge in [0, 0.05) is 35.4 Å². The summed E-state index contributed by atoms with van der Waals surface area (Å²) in [6.07, 6.45) is -3.93. The number of hydrogen-bond donors (Lipinski definition) is 1. The molecule has 2 aromatic carbocycles. The first-order chi connectivity index (χ1) is 14.8. The van der Waals surface area contributed by atoms with E-state index < -0.39 is 35.2 Å². The molecule has 0 bridgehead atoms. The molecule has 1 aliphatic heterocycles. The number of nitrogens with zero attached hydrogens (tertiary/aromatic N) is 1. The van der Waals surface area contributed by atoms with Crippen molar-refractivity contribution in [3.8, 4) is 5.75 Å². The second-order valence-electron chi connectivity index (χ2n) is 7.22. The number of ketones is 1. The van der Waals surface area contributed by atoms with Crippen LogP contribution in [-0.4, -0.2) is 28.2 Å². The summed E-state index contributed by atoms with van der Waals surface area (Å²) in [6, 6.07) is 12.5. The molecule has 3 aromatic rings. The lowest BCUT2D eigenvalue weighted by molar-refractivity contribution is -0.137. The van der Waals surface area contributed by atoms with E-state index in [9.17, 15) is 27.9 Å². The van der Waals surface area contributed by atoms with Crippen molar-refractivity contribution in [1.82, 2.24) is 4.57 Å². The lowest BCUT2D eigenvalue weighted by Crippen LogP contribution is -2.32. The predicted molar refractivity (Wildman–Crippen MR) is 106 cm³/mol. The van der Waals surface area contributed by atoms with E-state index in [-0.39, 0.29) is 24.2 Å². The van der Waals surface area contributed by atoms with Gasteiger partial charge in [-0.1, -0.05) is 24.3 Å². The third-order valence-corrected chi connectivity index (χ3v) is 5.25. The Labute approximate surface area is 175 Å². The number of aromatic nitrogens is 1. The Morgan fingerprint density at radius 3 is 2.55 bits per heavy atom. The molecule has 4 rings (SSSR count). The van der Waals surface area contributed by atoms with E-state index in [1.54, 1.807) is 12.1 Å². The van der Waals surface area contributed by atoms with Gasteiger partial charge in [-0.05, 0) is 30.3 Å². The second kappa shape index (κ2) is 8.03. The van der Waals surface area contributed by atoms with Crippen molar-refractivity contribution in [3.63, 3.8) is 0 Å². The van der Waals surface area contributed by atoms with E-state index >= 15 is 0 Å². The fourth-order valence-electron chi connectivity index (χ4n) is 3.80. The van der Waals surface area contributed by atoms with Crippen molar-refractivity contribution in [1.29, 1.82) is 0 Å². The van der Waals surface area contributed by atoms with Gasteiger partial charge in [0.25, 0.3) is 5.56 Å². The van der Waals surface area contributed by atoms with Crippen LogP contribution in [0, 0.1) is 0 Å². The maximum Gasteiger partial charge on any atom is 0.417 e. The number of carbonyl (C=O) groups is 1. The highest BCUT2D eigenvalue weighted by atomic mass is 19.4. The molecule has 0 saturated heterocycles. The SMILES string of the molecule is O=C(c1ccc2c(c1)[C@@H](n1ccccc1=O)[C@H](O)CCO2)c1ccccc1C(F)(F)F. The molecule has 2 heterocycles. The Balaban J connectivity index is 1.85. The summed E-state index contributed by atoms with van der Waals surface area (Å²) in [5.74, 6) is -0.452. The van der Waals surface area contributed by atoms with Crippen LogP contribution in [0.15, 0.2) is 71.7 Å². The zero-order valence-corrected chi connectivity index (χ0v) is 16.2. The number of aliphatic hydroxyl groups excluding tert-OH is 1. The molecular weight excluding hydrogens is 411 g/mol. The molecule has 0 saturated carbocycles. The van der Waals surface area contributed by atoms with Crippen LogP contribution in [0.1, 0.15) is 39.5 Å². The monoisotopic (exact) mass is 429 g/mol. The van der Waals surface area contributed by atoms with Crippen LogP contribution in [0.4, 0.5) is 13.2 Å². The summed E-state index contributed by atoms with van der Waals surface area (Å²) in [5, 5.41) is 10.7. The largest absolute Gasteiger partial charge is 0.493 e. The zero-order valence-electron chi connectivity index (χ0n) is 16.2. The first-order valence-corrected chi connectivity index (χ1v) is 9.60. The molecule has 2 atom stereocenters. The highest BCUT2D eigenvalue weighted by Crippen LogP contribution is 2.37. The first kappa shape index (κ1) is 20.9. The Morgan fingerprint density at radius 1 is 1.06 bits per heavy atom. The Bertz CT molecular complexity index is 1190. The van der Waals surface area contributed by atoms with E-state index in [0.29, 0.717) is 11.3 Å². The van der Waals surface area contributed by atoms with Gasteiger partial charge >= 0.3 is 6.18 Å². The van der Waals surface area contributed by atoms with Gasteiger partial charge in [0.1, 0.15) is 5.75 Å². The second-order valence-corrected chi connectivity index (χ2v) is 7.22. The highest BCUT2D eigenvalue weighted by Gasteiger charge is 2.36. The first-order valence-electron chi connectivity index (χ1n) is 9.60. The molecule has 1 aromatic heterocycles. The molecule has 5 nitrogen and oxygen atoms in total. The van der Waals surface area contributed by atoms with Gasteiger partial charge < -0.3 is 14.4 Å². The number of carbonyl (C=O) groups excluding carboxylic acids is 1. The fraction of sp³-hybridized carbons (Fsp3) is 0.217. The van der Waals surface area contributed by atoms with Crippen molar-refractivity contribution in [2.45, 2.75) is 24.7 Å². The number of fused-ring (bicyclic) bond motifs is 1. The van der Waals surface area contributed by atoms with Crippen LogP contribution in [0.25, 0.3) is 0 Å². The minimum absolute atomic E-state index is 0.00197. The minimum atomic E-state index is -4.68. The quantitative estimate of drug-likeness (QED) is 0.643. The standard InChI is InChI=1S/C23H18F3NO4/c24-23(25,26)17-6-2-1-5-15(17)22(30)14-8-9-19-16(13-14)21(18(28)10-12-31-19)27-11-4-3-7-20(27)29/h1-9,11,13,18,21,28H,10,12H2/t18-,21-/m1/s1. The van der Waals surface area contributed by atoms with Gasteiger partial charge in [-0.3, -0.25) is 9.59 Å². The molecule has 0 amide bonds. The molecule has 0 fully saturated rings. The van der Waals surface area contributed by atoms with Crippen LogP contribution in [0.3, 0.4) is 0 Å². The summed E-state index contributed by atoms with van der Waals surface area (Å²) < 4.78 is 47.2. The third kappa shape index (κ3) is 3.98. The Morgan fingerprint density at radius 2 is 1.81 bits per heavy atom. The van der Waals surface area contributed by atoms with Gasteiger partial charge in [-0.25, -0.2) is 0 Å². The molecule has 0 spiro atoms. The fourth-order valence-corrected chi connectivity index (χ4v) is 3.80. The Hall–Kier alpha value is -3.39. The third-order valence-electron chi connectivity index (χ3n) is 5.25. The van der Waals surface area contributed by atoms with Crippen molar-refractivity contribution in [2.24, 2.45) is 0 Å². The van der Waals surface area contributed by atoms with Crippen molar-refractivity contribution in [3.05, 3.63) is 99.5 Å². The lowest BCUT2D eigenvalue weighted by Gasteiger charge is -2.24. The van der Waals surface area contributed by atoms with E-state index in [2.05, 4.69) is 0 Å².